The largest absolute Gasteiger partial charge is 0.309 e. The summed E-state index contributed by atoms with van der Waals surface area (Å²) in [7, 11) is 0. The van der Waals surface area contributed by atoms with Gasteiger partial charge in [-0.25, -0.2) is 0 Å². The Labute approximate surface area is 81.5 Å². The highest BCUT2D eigenvalue weighted by Gasteiger charge is 2.23. The minimum Gasteiger partial charge on any atom is -0.309 e. The fourth-order valence-corrected chi connectivity index (χ4v) is 1.03. The lowest BCUT2D eigenvalue weighted by molar-refractivity contribution is 0.132. The summed E-state index contributed by atoms with van der Waals surface area (Å²) in [4.78, 5) is 0. The Kier molecular flexibility index (Phi) is 4.64. The summed E-state index contributed by atoms with van der Waals surface area (Å²) in [5, 5.41) is 0. The number of hydrogen-bond acceptors (Lipinski definition) is 2. The van der Waals surface area contributed by atoms with E-state index >= 15 is 0 Å². The predicted octanol–water partition coefficient (Wildman–Crippen LogP) is 4.03. The van der Waals surface area contributed by atoms with E-state index in [0.717, 1.165) is 12.8 Å². The summed E-state index contributed by atoms with van der Waals surface area (Å²) < 4.78 is 5.99. The topological polar surface area (TPSA) is 9.23 Å². The molecular formula is C10H22OS. The first-order valence-corrected chi connectivity index (χ1v) is 5.44. The second-order valence-corrected chi connectivity index (χ2v) is 5.83. The van der Waals surface area contributed by atoms with Crippen LogP contribution in [0.5, 0.6) is 0 Å². The zero-order valence-electron chi connectivity index (χ0n) is 9.23. The van der Waals surface area contributed by atoms with Gasteiger partial charge in [0.1, 0.15) is 0 Å². The minimum absolute atomic E-state index is 0.0110. The SMILES string of the molecule is CCC(C)(C)OSC(C)(C)CC. The number of hydrogen-bond donors (Lipinski definition) is 0. The van der Waals surface area contributed by atoms with Gasteiger partial charge in [-0.1, -0.05) is 13.8 Å². The average Bonchev–Trinajstić information content (AvgIpc) is 2.02. The summed E-state index contributed by atoms with van der Waals surface area (Å²) in [6, 6.07) is 0. The van der Waals surface area contributed by atoms with Crippen LogP contribution in [0, 0.1) is 0 Å². The molecular weight excluding hydrogens is 168 g/mol. The number of rotatable bonds is 5. The molecule has 2 heteroatoms. The summed E-state index contributed by atoms with van der Waals surface area (Å²) >= 11 is 1.61. The van der Waals surface area contributed by atoms with Crippen LogP contribution in [-0.2, 0) is 4.18 Å². The van der Waals surface area contributed by atoms with Crippen molar-refractivity contribution in [3.8, 4) is 0 Å². The maximum absolute atomic E-state index is 5.75. The van der Waals surface area contributed by atoms with Gasteiger partial charge in [0.25, 0.3) is 0 Å². The molecule has 0 aliphatic carbocycles. The van der Waals surface area contributed by atoms with Crippen LogP contribution in [-0.4, -0.2) is 10.3 Å². The second-order valence-electron chi connectivity index (χ2n) is 4.39. The van der Waals surface area contributed by atoms with Crippen molar-refractivity contribution in [2.45, 2.75) is 64.7 Å². The highest BCUT2D eigenvalue weighted by Crippen LogP contribution is 2.33. The third kappa shape index (κ3) is 5.04. The molecule has 0 saturated carbocycles. The molecule has 0 aromatic rings. The molecule has 0 aromatic heterocycles. The van der Waals surface area contributed by atoms with E-state index in [9.17, 15) is 0 Å². The summed E-state index contributed by atoms with van der Waals surface area (Å²) in [5.41, 5.74) is 0.0110. The third-order valence-electron chi connectivity index (χ3n) is 2.20. The minimum atomic E-state index is 0.0110. The fourth-order valence-electron chi connectivity index (χ4n) is 0.343. The van der Waals surface area contributed by atoms with Gasteiger partial charge in [-0.05, 0) is 52.6 Å². The van der Waals surface area contributed by atoms with Gasteiger partial charge in [0, 0.05) is 4.75 Å². The van der Waals surface area contributed by atoms with Crippen LogP contribution in [0.3, 0.4) is 0 Å². The molecule has 0 aromatic carbocycles. The van der Waals surface area contributed by atoms with Crippen LogP contribution < -0.4 is 0 Å². The van der Waals surface area contributed by atoms with E-state index in [-0.39, 0.29) is 10.3 Å². The Hall–Kier alpha value is 0.310. The Morgan fingerprint density at radius 2 is 1.50 bits per heavy atom. The van der Waals surface area contributed by atoms with Gasteiger partial charge in [-0.2, -0.15) is 0 Å². The van der Waals surface area contributed by atoms with E-state index in [1.807, 2.05) is 0 Å². The first kappa shape index (κ1) is 12.3. The molecule has 0 unspecified atom stereocenters. The molecule has 12 heavy (non-hydrogen) atoms. The average molecular weight is 190 g/mol. The van der Waals surface area contributed by atoms with Gasteiger partial charge in [-0.3, -0.25) is 0 Å². The van der Waals surface area contributed by atoms with E-state index < -0.39 is 0 Å². The van der Waals surface area contributed by atoms with E-state index in [0.29, 0.717) is 0 Å². The molecule has 0 bridgehead atoms. The van der Waals surface area contributed by atoms with Gasteiger partial charge in [-0.15, -0.1) is 0 Å². The molecule has 0 aliphatic rings. The van der Waals surface area contributed by atoms with E-state index in [1.54, 1.807) is 12.0 Å². The van der Waals surface area contributed by atoms with Gasteiger partial charge < -0.3 is 4.18 Å². The van der Waals surface area contributed by atoms with Crippen molar-refractivity contribution >= 4 is 12.0 Å². The maximum Gasteiger partial charge on any atom is 0.0770 e. The molecule has 0 aliphatic heterocycles. The van der Waals surface area contributed by atoms with Crippen LogP contribution in [0.4, 0.5) is 0 Å². The molecule has 0 radical (unpaired) electrons. The van der Waals surface area contributed by atoms with Gasteiger partial charge >= 0.3 is 0 Å². The quantitative estimate of drug-likeness (QED) is 0.605. The van der Waals surface area contributed by atoms with Crippen molar-refractivity contribution < 1.29 is 4.18 Å². The molecule has 0 heterocycles. The molecule has 0 atom stereocenters. The van der Waals surface area contributed by atoms with Crippen molar-refractivity contribution in [2.75, 3.05) is 0 Å². The standard InChI is InChI=1S/C10H22OS/c1-7-9(3,4)11-12-10(5,6)8-2/h7-8H2,1-6H3. The first-order valence-electron chi connectivity index (χ1n) is 4.70. The lowest BCUT2D eigenvalue weighted by Crippen LogP contribution is -2.24. The zero-order chi connectivity index (χ0) is 9.83. The summed E-state index contributed by atoms with van der Waals surface area (Å²) in [5.74, 6) is 0. The predicted molar refractivity (Wildman–Crippen MR) is 57.4 cm³/mol. The van der Waals surface area contributed by atoms with Crippen LogP contribution >= 0.6 is 12.0 Å². The highest BCUT2D eigenvalue weighted by atomic mass is 32.2. The molecule has 0 fully saturated rings. The van der Waals surface area contributed by atoms with E-state index in [4.69, 9.17) is 4.18 Å². The zero-order valence-corrected chi connectivity index (χ0v) is 10.0. The Bertz CT molecular complexity index is 114. The molecule has 0 spiro atoms. The molecule has 0 saturated heterocycles. The lowest BCUT2D eigenvalue weighted by atomic mass is 10.1. The molecule has 0 rings (SSSR count). The Balaban J connectivity index is 3.82. The molecule has 0 N–H and O–H groups in total. The lowest BCUT2D eigenvalue weighted by Gasteiger charge is -2.28. The maximum atomic E-state index is 5.75. The van der Waals surface area contributed by atoms with Crippen LogP contribution in [0.15, 0.2) is 0 Å². The summed E-state index contributed by atoms with van der Waals surface area (Å²) in [6.07, 6.45) is 2.19. The van der Waals surface area contributed by atoms with Crippen molar-refractivity contribution in [3.63, 3.8) is 0 Å². The molecule has 0 amide bonds. The smallest absolute Gasteiger partial charge is 0.0770 e. The molecule has 74 valence electrons. The summed E-state index contributed by atoms with van der Waals surface area (Å²) in [6.45, 7) is 13.0. The Morgan fingerprint density at radius 1 is 1.00 bits per heavy atom. The van der Waals surface area contributed by atoms with Gasteiger partial charge in [0.15, 0.2) is 0 Å². The molecule has 1 nitrogen and oxygen atoms in total. The fraction of sp³-hybridized carbons (Fsp3) is 1.00. The van der Waals surface area contributed by atoms with Crippen molar-refractivity contribution in [1.82, 2.24) is 0 Å². The van der Waals surface area contributed by atoms with Crippen molar-refractivity contribution in [2.24, 2.45) is 0 Å². The van der Waals surface area contributed by atoms with E-state index in [1.165, 1.54) is 0 Å². The monoisotopic (exact) mass is 190 g/mol. The van der Waals surface area contributed by atoms with Crippen LogP contribution in [0.2, 0.25) is 0 Å². The Morgan fingerprint density at radius 3 is 1.83 bits per heavy atom. The highest BCUT2D eigenvalue weighted by molar-refractivity contribution is 7.96. The normalized spacial score (nSPS) is 13.5. The van der Waals surface area contributed by atoms with Crippen LogP contribution in [0.25, 0.3) is 0 Å². The van der Waals surface area contributed by atoms with Gasteiger partial charge in [0.05, 0.1) is 5.60 Å². The van der Waals surface area contributed by atoms with E-state index in [2.05, 4.69) is 41.5 Å². The van der Waals surface area contributed by atoms with Crippen molar-refractivity contribution in [3.05, 3.63) is 0 Å². The van der Waals surface area contributed by atoms with Crippen LogP contribution in [0.1, 0.15) is 54.4 Å². The van der Waals surface area contributed by atoms with Crippen molar-refractivity contribution in [1.29, 1.82) is 0 Å². The second kappa shape index (κ2) is 4.52. The van der Waals surface area contributed by atoms with Gasteiger partial charge in [0.2, 0.25) is 0 Å². The third-order valence-corrected chi connectivity index (χ3v) is 3.47. The first-order chi connectivity index (χ1) is 5.33.